The summed E-state index contributed by atoms with van der Waals surface area (Å²) in [5.74, 6) is 0. The summed E-state index contributed by atoms with van der Waals surface area (Å²) >= 11 is 8.85. The minimum atomic E-state index is -0.970. The van der Waals surface area contributed by atoms with Gasteiger partial charge in [0.05, 0.1) is 6.61 Å². The Kier molecular flexibility index (Phi) is 3.46. The normalized spacial score (nSPS) is 13.0. The molecule has 0 radical (unpaired) electrons. The van der Waals surface area contributed by atoms with Crippen LogP contribution in [0.15, 0.2) is 16.7 Å². The molecule has 1 unspecified atom stereocenters. The molecule has 2 N–H and O–H groups in total. The maximum Gasteiger partial charge on any atom is 0.134 e. The van der Waals surface area contributed by atoms with E-state index in [1.165, 1.54) is 6.20 Å². The fraction of sp³-hybridized carbons (Fsp3) is 0.286. The van der Waals surface area contributed by atoms with Crippen molar-refractivity contribution in [2.24, 2.45) is 0 Å². The first kappa shape index (κ1) is 9.92. The van der Waals surface area contributed by atoms with Crippen LogP contribution in [0.3, 0.4) is 0 Å². The van der Waals surface area contributed by atoms with Gasteiger partial charge in [-0.05, 0) is 22.0 Å². The van der Waals surface area contributed by atoms with Crippen molar-refractivity contribution >= 4 is 27.5 Å². The Hall–Kier alpha value is -0.160. The van der Waals surface area contributed by atoms with E-state index in [9.17, 15) is 5.11 Å². The highest BCUT2D eigenvalue weighted by Gasteiger charge is 2.11. The molecule has 1 aromatic heterocycles. The molecule has 0 aromatic carbocycles. The second kappa shape index (κ2) is 4.18. The molecule has 0 bridgehead atoms. The molecule has 66 valence electrons. The molecule has 0 fully saturated rings. The third-order valence-electron chi connectivity index (χ3n) is 1.36. The van der Waals surface area contributed by atoms with Crippen LogP contribution in [0.1, 0.15) is 11.7 Å². The predicted molar refractivity (Wildman–Crippen MR) is 49.0 cm³/mol. The van der Waals surface area contributed by atoms with E-state index in [0.29, 0.717) is 5.56 Å². The lowest BCUT2D eigenvalue weighted by Crippen LogP contribution is -2.03. The number of aliphatic hydroxyl groups is 2. The quantitative estimate of drug-likeness (QED) is 0.785. The third kappa shape index (κ3) is 2.17. The summed E-state index contributed by atoms with van der Waals surface area (Å²) in [6, 6.07) is 1.62. The van der Waals surface area contributed by atoms with Gasteiger partial charge < -0.3 is 10.2 Å². The molecule has 3 nitrogen and oxygen atoms in total. The van der Waals surface area contributed by atoms with Gasteiger partial charge in [0.25, 0.3) is 0 Å². The first-order valence-corrected chi connectivity index (χ1v) is 4.42. The van der Waals surface area contributed by atoms with Crippen LogP contribution in [-0.4, -0.2) is 21.8 Å². The Labute approximate surface area is 83.1 Å². The second-order valence-electron chi connectivity index (χ2n) is 2.23. The zero-order valence-electron chi connectivity index (χ0n) is 6.04. The Morgan fingerprint density at radius 2 is 2.33 bits per heavy atom. The molecular weight excluding hydrogens is 245 g/mol. The summed E-state index contributed by atoms with van der Waals surface area (Å²) in [5, 5.41) is 18.1. The van der Waals surface area contributed by atoms with Crippen molar-refractivity contribution in [2.75, 3.05) is 6.61 Å². The number of aliphatic hydroxyl groups excluding tert-OH is 2. The van der Waals surface area contributed by atoms with Gasteiger partial charge in [-0.15, -0.1) is 0 Å². The zero-order valence-corrected chi connectivity index (χ0v) is 8.38. The molecular formula is C7H7BrClNO2. The van der Waals surface area contributed by atoms with E-state index >= 15 is 0 Å². The van der Waals surface area contributed by atoms with Gasteiger partial charge in [-0.25, -0.2) is 4.98 Å². The molecule has 0 aliphatic carbocycles. The van der Waals surface area contributed by atoms with Gasteiger partial charge in [0.2, 0.25) is 0 Å². The smallest absolute Gasteiger partial charge is 0.134 e. The molecule has 5 heteroatoms. The molecule has 0 aliphatic rings. The van der Waals surface area contributed by atoms with Gasteiger partial charge in [0.1, 0.15) is 11.3 Å². The number of hydrogen-bond donors (Lipinski definition) is 2. The van der Waals surface area contributed by atoms with E-state index in [1.807, 2.05) is 0 Å². The molecule has 1 heterocycles. The van der Waals surface area contributed by atoms with E-state index < -0.39 is 6.10 Å². The summed E-state index contributed by atoms with van der Waals surface area (Å²) in [7, 11) is 0. The van der Waals surface area contributed by atoms with Crippen LogP contribution < -0.4 is 0 Å². The highest BCUT2D eigenvalue weighted by Crippen LogP contribution is 2.23. The number of hydrogen-bond acceptors (Lipinski definition) is 3. The number of aromatic nitrogens is 1. The Morgan fingerprint density at radius 3 is 2.92 bits per heavy atom. The van der Waals surface area contributed by atoms with Crippen molar-refractivity contribution in [3.05, 3.63) is 27.5 Å². The fourth-order valence-corrected chi connectivity index (χ4v) is 1.35. The van der Waals surface area contributed by atoms with E-state index in [0.717, 1.165) is 4.47 Å². The van der Waals surface area contributed by atoms with Gasteiger partial charge in [0.15, 0.2) is 0 Å². The number of pyridine rings is 1. The highest BCUT2D eigenvalue weighted by molar-refractivity contribution is 9.10. The summed E-state index contributed by atoms with van der Waals surface area (Å²) in [5.41, 5.74) is 0.425. The first-order valence-electron chi connectivity index (χ1n) is 3.25. The number of nitrogens with zero attached hydrogens (tertiary/aromatic N) is 1. The molecule has 1 rings (SSSR count). The first-order chi connectivity index (χ1) is 5.65. The standard InChI is InChI=1S/C7H7BrClNO2/c8-4-1-5(6(12)3-11)7(9)10-2-4/h1-2,6,11-12H,3H2. The van der Waals surface area contributed by atoms with Crippen LogP contribution in [0.5, 0.6) is 0 Å². The maximum absolute atomic E-state index is 9.24. The number of halogens is 2. The van der Waals surface area contributed by atoms with E-state index in [-0.39, 0.29) is 11.8 Å². The van der Waals surface area contributed by atoms with Crippen molar-refractivity contribution in [1.82, 2.24) is 4.98 Å². The summed E-state index contributed by atoms with van der Waals surface area (Å²) < 4.78 is 0.717. The van der Waals surface area contributed by atoms with Gasteiger partial charge >= 0.3 is 0 Å². The molecule has 0 saturated carbocycles. The highest BCUT2D eigenvalue weighted by atomic mass is 79.9. The summed E-state index contributed by atoms with van der Waals surface area (Å²) in [6.07, 6.45) is 0.554. The largest absolute Gasteiger partial charge is 0.393 e. The van der Waals surface area contributed by atoms with Gasteiger partial charge in [-0.1, -0.05) is 11.6 Å². The number of rotatable bonds is 2. The fourth-order valence-electron chi connectivity index (χ4n) is 0.770. The van der Waals surface area contributed by atoms with Crippen molar-refractivity contribution in [3.8, 4) is 0 Å². The van der Waals surface area contributed by atoms with Crippen LogP contribution in [0.4, 0.5) is 0 Å². The van der Waals surface area contributed by atoms with Crippen LogP contribution in [-0.2, 0) is 0 Å². The summed E-state index contributed by atoms with van der Waals surface area (Å²) in [6.45, 7) is -0.363. The molecule has 0 aliphatic heterocycles. The van der Waals surface area contributed by atoms with Crippen molar-refractivity contribution < 1.29 is 10.2 Å². The lowest BCUT2D eigenvalue weighted by molar-refractivity contribution is 0.0954. The van der Waals surface area contributed by atoms with Crippen LogP contribution in [0.2, 0.25) is 5.15 Å². The van der Waals surface area contributed by atoms with Crippen LogP contribution in [0, 0.1) is 0 Å². The molecule has 0 saturated heterocycles. The molecule has 12 heavy (non-hydrogen) atoms. The third-order valence-corrected chi connectivity index (χ3v) is 2.11. The van der Waals surface area contributed by atoms with E-state index in [4.69, 9.17) is 16.7 Å². The lowest BCUT2D eigenvalue weighted by atomic mass is 10.2. The SMILES string of the molecule is OCC(O)c1cc(Br)cnc1Cl. The van der Waals surface area contributed by atoms with Crippen molar-refractivity contribution in [2.45, 2.75) is 6.10 Å². The van der Waals surface area contributed by atoms with E-state index in [2.05, 4.69) is 20.9 Å². The zero-order chi connectivity index (χ0) is 9.14. The van der Waals surface area contributed by atoms with Crippen LogP contribution in [0.25, 0.3) is 0 Å². The van der Waals surface area contributed by atoms with Crippen molar-refractivity contribution in [3.63, 3.8) is 0 Å². The Bertz CT molecular complexity index is 282. The monoisotopic (exact) mass is 251 g/mol. The average molecular weight is 252 g/mol. The maximum atomic E-state index is 9.24. The Balaban J connectivity index is 3.04. The van der Waals surface area contributed by atoms with Crippen LogP contribution >= 0.6 is 27.5 Å². The summed E-state index contributed by atoms with van der Waals surface area (Å²) in [4.78, 5) is 3.80. The molecule has 0 amide bonds. The molecule has 0 spiro atoms. The average Bonchev–Trinajstić information content (AvgIpc) is 2.08. The Morgan fingerprint density at radius 1 is 1.67 bits per heavy atom. The lowest BCUT2D eigenvalue weighted by Gasteiger charge is -2.08. The minimum absolute atomic E-state index is 0.208. The molecule has 1 atom stereocenters. The van der Waals surface area contributed by atoms with Gasteiger partial charge in [-0.2, -0.15) is 0 Å². The van der Waals surface area contributed by atoms with Gasteiger partial charge in [-0.3, -0.25) is 0 Å². The van der Waals surface area contributed by atoms with Crippen molar-refractivity contribution in [1.29, 1.82) is 0 Å². The second-order valence-corrected chi connectivity index (χ2v) is 3.51. The molecule has 1 aromatic rings. The predicted octanol–water partition coefficient (Wildman–Crippen LogP) is 1.52. The van der Waals surface area contributed by atoms with Gasteiger partial charge in [0, 0.05) is 16.2 Å². The topological polar surface area (TPSA) is 53.4 Å². The minimum Gasteiger partial charge on any atom is -0.393 e. The van der Waals surface area contributed by atoms with E-state index in [1.54, 1.807) is 6.07 Å².